The third-order valence-corrected chi connectivity index (χ3v) is 5.55. The number of hydrogen-bond acceptors (Lipinski definition) is 6. The van der Waals surface area contributed by atoms with E-state index in [-0.39, 0.29) is 16.2 Å². The molecule has 2 N–H and O–H groups in total. The first-order valence-corrected chi connectivity index (χ1v) is 10.1. The number of aromatic amines is 1. The highest BCUT2D eigenvalue weighted by Crippen LogP contribution is 2.16. The molecule has 2 heterocycles. The third kappa shape index (κ3) is 3.98. The molecule has 7 nitrogen and oxygen atoms in total. The minimum Gasteiger partial charge on any atom is -0.348 e. The van der Waals surface area contributed by atoms with Crippen molar-refractivity contribution in [2.75, 3.05) is 0 Å². The molecular weight excluding hydrogens is 430 g/mol. The number of carbonyl (C=O) groups is 1. The molecule has 29 heavy (non-hydrogen) atoms. The predicted octanol–water partition coefficient (Wildman–Crippen LogP) is 3.79. The van der Waals surface area contributed by atoms with E-state index in [1.54, 1.807) is 37.3 Å². The van der Waals surface area contributed by atoms with Crippen molar-refractivity contribution in [3.05, 3.63) is 78.7 Å². The van der Waals surface area contributed by atoms with Gasteiger partial charge in [-0.2, -0.15) is 0 Å². The molecule has 146 valence electrons. The molecule has 4 aromatic rings. The number of aryl methyl sites for hydroxylation is 1. The van der Waals surface area contributed by atoms with Gasteiger partial charge < -0.3 is 10.3 Å². The second kappa shape index (κ2) is 7.86. The summed E-state index contributed by atoms with van der Waals surface area (Å²) in [6.45, 7) is 2.14. The SMILES string of the molecule is Cc1nnc(-n2c(=S)[nH]c3cc(C(=O)NCc4cccc(Cl)c4)ccc3c2=O)s1. The van der Waals surface area contributed by atoms with E-state index in [2.05, 4.69) is 20.5 Å². The zero-order chi connectivity index (χ0) is 20.5. The molecule has 2 aromatic heterocycles. The minimum atomic E-state index is -0.314. The van der Waals surface area contributed by atoms with Gasteiger partial charge in [0.05, 0.1) is 10.9 Å². The Balaban J connectivity index is 1.65. The normalized spacial score (nSPS) is 11.0. The van der Waals surface area contributed by atoms with Crippen molar-refractivity contribution >= 4 is 52.0 Å². The van der Waals surface area contributed by atoms with Crippen LogP contribution in [0.3, 0.4) is 0 Å². The van der Waals surface area contributed by atoms with Crippen LogP contribution in [0.25, 0.3) is 16.0 Å². The van der Waals surface area contributed by atoms with Crippen molar-refractivity contribution < 1.29 is 4.79 Å². The van der Waals surface area contributed by atoms with Crippen molar-refractivity contribution in [2.45, 2.75) is 13.5 Å². The van der Waals surface area contributed by atoms with Gasteiger partial charge in [0.15, 0.2) is 4.77 Å². The van der Waals surface area contributed by atoms with E-state index >= 15 is 0 Å². The number of H-pyrrole nitrogens is 1. The number of fused-ring (bicyclic) bond motifs is 1. The molecule has 4 rings (SSSR count). The molecule has 0 fully saturated rings. The second-order valence-electron chi connectivity index (χ2n) is 6.25. The third-order valence-electron chi connectivity index (χ3n) is 4.21. The molecule has 0 radical (unpaired) electrons. The van der Waals surface area contributed by atoms with Gasteiger partial charge in [-0.05, 0) is 55.0 Å². The lowest BCUT2D eigenvalue weighted by Crippen LogP contribution is -2.24. The van der Waals surface area contributed by atoms with Gasteiger partial charge in [0.1, 0.15) is 5.01 Å². The molecule has 0 saturated carbocycles. The van der Waals surface area contributed by atoms with Gasteiger partial charge in [-0.1, -0.05) is 35.1 Å². The minimum absolute atomic E-state index is 0.190. The number of aromatic nitrogens is 4. The van der Waals surface area contributed by atoms with Gasteiger partial charge in [0.25, 0.3) is 11.5 Å². The first-order chi connectivity index (χ1) is 13.9. The van der Waals surface area contributed by atoms with Crippen molar-refractivity contribution in [2.24, 2.45) is 0 Å². The maximum atomic E-state index is 12.9. The molecular formula is C19H14ClN5O2S2. The number of hydrogen-bond donors (Lipinski definition) is 2. The van der Waals surface area contributed by atoms with E-state index in [1.165, 1.54) is 15.9 Å². The zero-order valence-corrected chi connectivity index (χ0v) is 17.5. The van der Waals surface area contributed by atoms with Crippen LogP contribution in [0.15, 0.2) is 47.3 Å². The summed E-state index contributed by atoms with van der Waals surface area (Å²) in [5, 5.41) is 12.9. The smallest absolute Gasteiger partial charge is 0.268 e. The molecule has 0 unspecified atom stereocenters. The Morgan fingerprint density at radius 2 is 2.10 bits per heavy atom. The van der Waals surface area contributed by atoms with Crippen molar-refractivity contribution in [3.8, 4) is 5.13 Å². The summed E-state index contributed by atoms with van der Waals surface area (Å²) >= 11 is 12.6. The van der Waals surface area contributed by atoms with Crippen LogP contribution in [0, 0.1) is 11.7 Å². The van der Waals surface area contributed by atoms with E-state index in [1.807, 2.05) is 12.1 Å². The quantitative estimate of drug-likeness (QED) is 0.468. The van der Waals surface area contributed by atoms with Crippen molar-refractivity contribution in [1.29, 1.82) is 0 Å². The van der Waals surface area contributed by atoms with E-state index in [0.29, 0.717) is 33.2 Å². The molecule has 0 aliphatic carbocycles. The number of nitrogens with zero attached hydrogens (tertiary/aromatic N) is 3. The highest BCUT2D eigenvalue weighted by molar-refractivity contribution is 7.71. The predicted molar refractivity (Wildman–Crippen MR) is 116 cm³/mol. The summed E-state index contributed by atoms with van der Waals surface area (Å²) in [5.74, 6) is -0.268. The van der Waals surface area contributed by atoms with Gasteiger partial charge in [-0.3, -0.25) is 9.59 Å². The van der Waals surface area contributed by atoms with Gasteiger partial charge >= 0.3 is 0 Å². The fourth-order valence-corrected chi connectivity index (χ4v) is 4.08. The molecule has 10 heteroatoms. The summed E-state index contributed by atoms with van der Waals surface area (Å²) in [5.41, 5.74) is 1.47. The van der Waals surface area contributed by atoms with Gasteiger partial charge in [0, 0.05) is 17.1 Å². The van der Waals surface area contributed by atoms with E-state index < -0.39 is 0 Å². The van der Waals surface area contributed by atoms with E-state index in [4.69, 9.17) is 23.8 Å². The lowest BCUT2D eigenvalue weighted by molar-refractivity contribution is 0.0951. The average molecular weight is 444 g/mol. The first kappa shape index (κ1) is 19.4. The maximum absolute atomic E-state index is 12.9. The summed E-state index contributed by atoms with van der Waals surface area (Å²) in [7, 11) is 0. The number of halogens is 1. The largest absolute Gasteiger partial charge is 0.348 e. The zero-order valence-electron chi connectivity index (χ0n) is 15.1. The summed E-state index contributed by atoms with van der Waals surface area (Å²) in [6, 6.07) is 12.1. The molecule has 0 aliphatic heterocycles. The van der Waals surface area contributed by atoms with Crippen LogP contribution in [0.1, 0.15) is 20.9 Å². The highest BCUT2D eigenvalue weighted by atomic mass is 35.5. The Bertz CT molecular complexity index is 1360. The number of rotatable bonds is 4. The molecule has 1 amide bonds. The molecule has 0 aliphatic rings. The summed E-state index contributed by atoms with van der Waals surface area (Å²) in [6.07, 6.45) is 0. The average Bonchev–Trinajstić information content (AvgIpc) is 3.11. The number of amides is 1. The molecule has 0 spiro atoms. The Kier molecular flexibility index (Phi) is 5.27. The van der Waals surface area contributed by atoms with Crippen molar-refractivity contribution in [1.82, 2.24) is 25.1 Å². The Morgan fingerprint density at radius 3 is 2.83 bits per heavy atom. The van der Waals surface area contributed by atoms with Gasteiger partial charge in [0.2, 0.25) is 5.13 Å². The fourth-order valence-electron chi connectivity index (χ4n) is 2.84. The summed E-state index contributed by atoms with van der Waals surface area (Å²) in [4.78, 5) is 28.4. The maximum Gasteiger partial charge on any atom is 0.268 e. The van der Waals surface area contributed by atoms with Crippen LogP contribution in [0.2, 0.25) is 5.02 Å². The number of benzene rings is 2. The Labute approximate surface area is 179 Å². The van der Waals surface area contributed by atoms with E-state index in [0.717, 1.165) is 10.6 Å². The fraction of sp³-hybridized carbons (Fsp3) is 0.105. The lowest BCUT2D eigenvalue weighted by Gasteiger charge is -2.08. The highest BCUT2D eigenvalue weighted by Gasteiger charge is 2.13. The lowest BCUT2D eigenvalue weighted by atomic mass is 10.1. The monoisotopic (exact) mass is 443 g/mol. The van der Waals surface area contributed by atoms with Gasteiger partial charge in [-0.25, -0.2) is 4.57 Å². The van der Waals surface area contributed by atoms with Crippen LogP contribution in [0.4, 0.5) is 0 Å². The standard InChI is InChI=1S/C19H14ClN5O2S2/c1-10-23-24-19(29-10)25-17(27)14-6-5-12(8-15(14)22-18(25)28)16(26)21-9-11-3-2-4-13(20)7-11/h2-8H,9H2,1H3,(H,21,26)(H,22,28). The Hall–Kier alpha value is -2.88. The molecule has 0 bridgehead atoms. The van der Waals surface area contributed by atoms with Crippen LogP contribution in [-0.4, -0.2) is 25.7 Å². The first-order valence-electron chi connectivity index (χ1n) is 8.54. The van der Waals surface area contributed by atoms with Crippen LogP contribution < -0.4 is 10.9 Å². The van der Waals surface area contributed by atoms with Crippen LogP contribution >= 0.6 is 35.2 Å². The van der Waals surface area contributed by atoms with Crippen molar-refractivity contribution in [3.63, 3.8) is 0 Å². The number of carbonyl (C=O) groups excluding carboxylic acids is 1. The summed E-state index contributed by atoms with van der Waals surface area (Å²) < 4.78 is 1.50. The van der Waals surface area contributed by atoms with E-state index in [9.17, 15) is 9.59 Å². The Morgan fingerprint density at radius 1 is 1.28 bits per heavy atom. The van der Waals surface area contributed by atoms with Gasteiger partial charge in [-0.15, -0.1) is 10.2 Å². The van der Waals surface area contributed by atoms with Crippen LogP contribution in [-0.2, 0) is 6.54 Å². The second-order valence-corrected chi connectivity index (χ2v) is 8.23. The molecule has 2 aromatic carbocycles. The molecule has 0 atom stereocenters. The molecule has 0 saturated heterocycles. The number of nitrogens with one attached hydrogen (secondary N) is 2. The van der Waals surface area contributed by atoms with Crippen LogP contribution in [0.5, 0.6) is 0 Å². The topological polar surface area (TPSA) is 92.7 Å².